The molecular weight excluding hydrogens is 343 g/mol. The Bertz CT molecular complexity index is 701. The predicted octanol–water partition coefficient (Wildman–Crippen LogP) is 2.64. The first-order valence-corrected chi connectivity index (χ1v) is 7.29. The summed E-state index contributed by atoms with van der Waals surface area (Å²) in [5.41, 5.74) is 0.201. The monoisotopic (exact) mass is 357 g/mol. The number of ketones is 1. The minimum atomic E-state index is -4.95. The molecule has 1 N–H and O–H groups in total. The van der Waals surface area contributed by atoms with Crippen LogP contribution in [0, 0.1) is 10.1 Å². The van der Waals surface area contributed by atoms with E-state index in [2.05, 4.69) is 5.32 Å². The number of nitro groups is 1. The Morgan fingerprint density at radius 2 is 1.92 bits per heavy atom. The number of carbonyl (C=O) groups is 2. The van der Waals surface area contributed by atoms with Crippen molar-refractivity contribution in [2.45, 2.75) is 25.1 Å². The maximum absolute atomic E-state index is 12.3. The molecule has 0 saturated carbocycles. The molecule has 2 rings (SSSR count). The van der Waals surface area contributed by atoms with Gasteiger partial charge in [-0.05, 0) is 25.0 Å². The van der Waals surface area contributed by atoms with Crippen LogP contribution in [-0.4, -0.2) is 40.3 Å². The summed E-state index contributed by atoms with van der Waals surface area (Å²) in [5.74, 6) is -2.45. The molecule has 134 valence electrons. The van der Waals surface area contributed by atoms with Gasteiger partial charge in [0.25, 0.3) is 11.5 Å². The van der Waals surface area contributed by atoms with Crippen molar-refractivity contribution in [1.29, 1.82) is 0 Å². The van der Waals surface area contributed by atoms with E-state index in [4.69, 9.17) is 0 Å². The zero-order chi connectivity index (χ0) is 18.6. The van der Waals surface area contributed by atoms with Crippen LogP contribution in [0.2, 0.25) is 0 Å². The van der Waals surface area contributed by atoms with E-state index in [0.29, 0.717) is 31.1 Å². The number of nitrogens with zero attached hydrogens (tertiary/aromatic N) is 2. The number of hydrogen-bond donors (Lipinski definition) is 1. The highest BCUT2D eigenvalue weighted by Crippen LogP contribution is 2.22. The Hall–Kier alpha value is -2.91. The minimum absolute atomic E-state index is 0.130. The third-order valence-electron chi connectivity index (χ3n) is 3.64. The average molecular weight is 357 g/mol. The number of benzene rings is 1. The summed E-state index contributed by atoms with van der Waals surface area (Å²) < 4.78 is 36.6. The fourth-order valence-corrected chi connectivity index (χ4v) is 2.40. The third kappa shape index (κ3) is 4.78. The number of rotatable bonds is 5. The van der Waals surface area contributed by atoms with Crippen LogP contribution < -0.4 is 5.32 Å². The van der Waals surface area contributed by atoms with Gasteiger partial charge in [-0.25, -0.2) is 0 Å². The molecule has 0 aliphatic carbocycles. The van der Waals surface area contributed by atoms with Crippen molar-refractivity contribution in [2.24, 2.45) is 0 Å². The van der Waals surface area contributed by atoms with Crippen molar-refractivity contribution in [3.05, 3.63) is 46.7 Å². The van der Waals surface area contributed by atoms with Crippen LogP contribution in [0.25, 0.3) is 0 Å². The van der Waals surface area contributed by atoms with Gasteiger partial charge in [0.2, 0.25) is 5.91 Å². The van der Waals surface area contributed by atoms with E-state index in [0.717, 1.165) is 6.20 Å². The fraction of sp³-hybridized carbons (Fsp3) is 0.333. The first kappa shape index (κ1) is 18.4. The van der Waals surface area contributed by atoms with Gasteiger partial charge >= 0.3 is 6.18 Å². The average Bonchev–Trinajstić information content (AvgIpc) is 3.00. The van der Waals surface area contributed by atoms with E-state index >= 15 is 0 Å². The zero-order valence-electron chi connectivity index (χ0n) is 12.8. The lowest BCUT2D eigenvalue weighted by Crippen LogP contribution is -2.36. The fourth-order valence-electron chi connectivity index (χ4n) is 2.40. The van der Waals surface area contributed by atoms with Crippen LogP contribution in [0.4, 0.5) is 24.5 Å². The second kappa shape index (κ2) is 7.32. The molecule has 1 atom stereocenters. The number of halogens is 3. The van der Waals surface area contributed by atoms with Gasteiger partial charge in [-0.15, -0.1) is 0 Å². The number of amides is 1. The molecule has 1 fully saturated rings. The second-order valence-corrected chi connectivity index (χ2v) is 5.37. The molecule has 1 aliphatic heterocycles. The lowest BCUT2D eigenvalue weighted by atomic mass is 10.2. The van der Waals surface area contributed by atoms with E-state index in [-0.39, 0.29) is 5.69 Å². The van der Waals surface area contributed by atoms with Crippen LogP contribution in [0.3, 0.4) is 0 Å². The van der Waals surface area contributed by atoms with Gasteiger partial charge in [-0.2, -0.15) is 13.2 Å². The second-order valence-electron chi connectivity index (χ2n) is 5.37. The molecule has 1 heterocycles. The Morgan fingerprint density at radius 1 is 1.28 bits per heavy atom. The summed E-state index contributed by atoms with van der Waals surface area (Å²) in [4.78, 5) is 34.5. The quantitative estimate of drug-likeness (QED) is 0.497. The van der Waals surface area contributed by atoms with Crippen molar-refractivity contribution in [2.75, 3.05) is 11.9 Å². The molecule has 1 amide bonds. The van der Waals surface area contributed by atoms with Gasteiger partial charge < -0.3 is 10.2 Å². The predicted molar refractivity (Wildman–Crippen MR) is 81.7 cm³/mol. The van der Waals surface area contributed by atoms with Crippen molar-refractivity contribution < 1.29 is 27.7 Å². The van der Waals surface area contributed by atoms with Crippen molar-refractivity contribution >= 4 is 23.1 Å². The topological polar surface area (TPSA) is 92.5 Å². The van der Waals surface area contributed by atoms with E-state index in [9.17, 15) is 32.9 Å². The smallest absolute Gasteiger partial charge is 0.365 e. The van der Waals surface area contributed by atoms with E-state index < -0.39 is 28.8 Å². The highest BCUT2D eigenvalue weighted by atomic mass is 19.4. The Kier molecular flexibility index (Phi) is 5.40. The SMILES string of the molecule is O=C(Nc1ccc([N+](=O)[O-])cc1)C1CCCN1/C=C/C(=O)C(F)(F)F. The van der Waals surface area contributed by atoms with Gasteiger partial charge in [0.1, 0.15) is 6.04 Å². The summed E-state index contributed by atoms with van der Waals surface area (Å²) in [6.07, 6.45) is -2.57. The van der Waals surface area contributed by atoms with Crippen LogP contribution >= 0.6 is 0 Å². The number of nitrogens with one attached hydrogen (secondary N) is 1. The van der Waals surface area contributed by atoms with E-state index in [1.54, 1.807) is 0 Å². The lowest BCUT2D eigenvalue weighted by Gasteiger charge is -2.22. The van der Waals surface area contributed by atoms with Gasteiger partial charge in [-0.3, -0.25) is 19.7 Å². The van der Waals surface area contributed by atoms with Gasteiger partial charge in [0.15, 0.2) is 0 Å². The normalized spacial score (nSPS) is 17.7. The first-order valence-electron chi connectivity index (χ1n) is 7.29. The summed E-state index contributed by atoms with van der Waals surface area (Å²) in [6, 6.07) is 4.46. The summed E-state index contributed by atoms with van der Waals surface area (Å²) in [7, 11) is 0. The first-order chi connectivity index (χ1) is 11.7. The number of hydrogen-bond acceptors (Lipinski definition) is 5. The number of carbonyl (C=O) groups excluding carboxylic acids is 2. The van der Waals surface area contributed by atoms with Crippen molar-refractivity contribution in [3.8, 4) is 0 Å². The van der Waals surface area contributed by atoms with Crippen molar-refractivity contribution in [3.63, 3.8) is 0 Å². The zero-order valence-corrected chi connectivity index (χ0v) is 12.8. The lowest BCUT2D eigenvalue weighted by molar-refractivity contribution is -0.384. The molecular formula is C15H14F3N3O4. The van der Waals surface area contributed by atoms with E-state index in [1.165, 1.54) is 29.2 Å². The number of likely N-dealkylation sites (tertiary alicyclic amines) is 1. The van der Waals surface area contributed by atoms with Gasteiger partial charge in [-0.1, -0.05) is 0 Å². The molecule has 10 heteroatoms. The summed E-state index contributed by atoms with van der Waals surface area (Å²) >= 11 is 0. The van der Waals surface area contributed by atoms with E-state index in [1.807, 2.05) is 0 Å². The Labute approximate surface area is 140 Å². The highest BCUT2D eigenvalue weighted by molar-refractivity contribution is 5.96. The maximum Gasteiger partial charge on any atom is 0.454 e. The molecule has 0 bridgehead atoms. The number of nitro benzene ring substituents is 1. The number of anilines is 1. The largest absolute Gasteiger partial charge is 0.454 e. The van der Waals surface area contributed by atoms with Crippen LogP contribution in [-0.2, 0) is 9.59 Å². The molecule has 1 saturated heterocycles. The van der Waals surface area contributed by atoms with Crippen LogP contribution in [0.1, 0.15) is 12.8 Å². The highest BCUT2D eigenvalue weighted by Gasteiger charge is 2.37. The van der Waals surface area contributed by atoms with Gasteiger partial charge in [0.05, 0.1) is 4.92 Å². The maximum atomic E-state index is 12.3. The molecule has 1 unspecified atom stereocenters. The van der Waals surface area contributed by atoms with Crippen LogP contribution in [0.5, 0.6) is 0 Å². The Balaban J connectivity index is 2.01. The molecule has 1 aromatic carbocycles. The molecule has 0 aromatic heterocycles. The minimum Gasteiger partial charge on any atom is -0.365 e. The number of allylic oxidation sites excluding steroid dienone is 1. The molecule has 0 radical (unpaired) electrons. The van der Waals surface area contributed by atoms with Crippen LogP contribution in [0.15, 0.2) is 36.5 Å². The Morgan fingerprint density at radius 3 is 2.48 bits per heavy atom. The molecule has 1 aromatic rings. The summed E-state index contributed by atoms with van der Waals surface area (Å²) in [6.45, 7) is 0.347. The summed E-state index contributed by atoms with van der Waals surface area (Å²) in [5, 5.41) is 13.1. The molecule has 1 aliphatic rings. The molecule has 25 heavy (non-hydrogen) atoms. The van der Waals surface area contributed by atoms with Gasteiger partial charge in [0, 0.05) is 36.6 Å². The molecule has 7 nitrogen and oxygen atoms in total. The standard InChI is InChI=1S/C15H14F3N3O4/c16-15(17,18)13(22)7-9-20-8-1-2-12(20)14(23)19-10-3-5-11(6-4-10)21(24)25/h3-7,9,12H,1-2,8H2,(H,19,23)/b9-7+. The number of alkyl halides is 3. The van der Waals surface area contributed by atoms with Crippen molar-refractivity contribution in [1.82, 2.24) is 4.90 Å². The number of non-ortho nitro benzene ring substituents is 1. The molecule has 0 spiro atoms. The third-order valence-corrected chi connectivity index (χ3v) is 3.64.